The molecule has 0 radical (unpaired) electrons. The molecule has 3 aromatic rings. The molecule has 0 aliphatic rings. The Balaban J connectivity index is 2.43. The molecule has 24 heavy (non-hydrogen) atoms. The number of aryl methyl sites for hydroxylation is 1. The largest absolute Gasteiger partial charge is 0.325 e. The van der Waals surface area contributed by atoms with E-state index in [0.29, 0.717) is 19.0 Å². The van der Waals surface area contributed by atoms with Crippen LogP contribution >= 0.6 is 0 Å². The van der Waals surface area contributed by atoms with Crippen LogP contribution in [0.1, 0.15) is 25.1 Å². The summed E-state index contributed by atoms with van der Waals surface area (Å²) in [7, 11) is 0. The molecule has 0 spiro atoms. The second-order valence-electron chi connectivity index (χ2n) is 6.75. The highest BCUT2D eigenvalue weighted by atomic mass is 16.1. The van der Waals surface area contributed by atoms with Crippen molar-refractivity contribution in [3.05, 3.63) is 70.1 Å². The summed E-state index contributed by atoms with van der Waals surface area (Å²) in [5.41, 5.74) is 10.5. The van der Waals surface area contributed by atoms with Crippen molar-refractivity contribution in [2.24, 2.45) is 11.7 Å². The fourth-order valence-corrected chi connectivity index (χ4v) is 3.26. The maximum Gasteiger partial charge on any atom is 0.258 e. The molecule has 0 saturated carbocycles. The molecule has 1 heterocycles. The van der Waals surface area contributed by atoms with Crippen molar-refractivity contribution in [3.8, 4) is 11.1 Å². The zero-order valence-corrected chi connectivity index (χ0v) is 14.5. The molecule has 3 rings (SSSR count). The molecule has 0 amide bonds. The Kier molecular flexibility index (Phi) is 4.54. The lowest BCUT2D eigenvalue weighted by Crippen LogP contribution is -2.28. The first kappa shape index (κ1) is 16.5. The lowest BCUT2D eigenvalue weighted by Gasteiger charge is -2.20. The Morgan fingerprint density at radius 1 is 1.00 bits per heavy atom. The summed E-state index contributed by atoms with van der Waals surface area (Å²) in [4.78, 5) is 13.0. The van der Waals surface area contributed by atoms with Crippen LogP contribution in [0.4, 0.5) is 0 Å². The summed E-state index contributed by atoms with van der Waals surface area (Å²) < 4.78 is 1.86. The minimum Gasteiger partial charge on any atom is -0.325 e. The Labute approximate surface area is 142 Å². The van der Waals surface area contributed by atoms with Gasteiger partial charge in [0.25, 0.3) is 5.56 Å². The van der Waals surface area contributed by atoms with Gasteiger partial charge in [-0.3, -0.25) is 4.79 Å². The molecule has 2 aromatic carbocycles. The summed E-state index contributed by atoms with van der Waals surface area (Å²) in [6.07, 6.45) is 0. The smallest absolute Gasteiger partial charge is 0.258 e. The summed E-state index contributed by atoms with van der Waals surface area (Å²) >= 11 is 0. The van der Waals surface area contributed by atoms with E-state index in [4.69, 9.17) is 5.73 Å². The second-order valence-corrected chi connectivity index (χ2v) is 6.75. The number of aromatic nitrogens is 1. The monoisotopic (exact) mass is 320 g/mol. The zero-order valence-electron chi connectivity index (χ0n) is 14.5. The molecule has 0 unspecified atom stereocenters. The Morgan fingerprint density at radius 2 is 1.62 bits per heavy atom. The number of pyridine rings is 1. The van der Waals surface area contributed by atoms with Gasteiger partial charge in [-0.25, -0.2) is 0 Å². The van der Waals surface area contributed by atoms with E-state index < -0.39 is 0 Å². The Bertz CT molecular complexity index is 921. The van der Waals surface area contributed by atoms with E-state index in [1.807, 2.05) is 28.8 Å². The average molecular weight is 320 g/mol. The van der Waals surface area contributed by atoms with Gasteiger partial charge in [0.2, 0.25) is 0 Å². The van der Waals surface area contributed by atoms with Gasteiger partial charge in [0.05, 0.1) is 0 Å². The minimum atomic E-state index is 0.0515. The van der Waals surface area contributed by atoms with Gasteiger partial charge < -0.3 is 10.3 Å². The quantitative estimate of drug-likeness (QED) is 0.787. The SMILES string of the molecule is Cc1ccc(-c2c(CN)n(CC(C)C)c(=O)c3ccccc23)cc1. The fourth-order valence-electron chi connectivity index (χ4n) is 3.26. The van der Waals surface area contributed by atoms with E-state index in [1.165, 1.54) is 5.56 Å². The van der Waals surface area contributed by atoms with Crippen molar-refractivity contribution < 1.29 is 0 Å². The number of nitrogens with zero attached hydrogens (tertiary/aromatic N) is 1. The highest BCUT2D eigenvalue weighted by Crippen LogP contribution is 2.31. The summed E-state index contributed by atoms with van der Waals surface area (Å²) in [6, 6.07) is 16.2. The van der Waals surface area contributed by atoms with Crippen molar-refractivity contribution in [1.82, 2.24) is 4.57 Å². The van der Waals surface area contributed by atoms with Crippen LogP contribution in [-0.2, 0) is 13.1 Å². The van der Waals surface area contributed by atoms with Crippen LogP contribution in [-0.4, -0.2) is 4.57 Å². The highest BCUT2D eigenvalue weighted by Gasteiger charge is 2.17. The first-order valence-corrected chi connectivity index (χ1v) is 8.44. The second kappa shape index (κ2) is 6.62. The molecule has 0 bridgehead atoms. The summed E-state index contributed by atoms with van der Waals surface area (Å²) in [5, 5.41) is 1.73. The van der Waals surface area contributed by atoms with Crippen LogP contribution in [0.25, 0.3) is 21.9 Å². The van der Waals surface area contributed by atoms with Crippen LogP contribution in [0.2, 0.25) is 0 Å². The van der Waals surface area contributed by atoms with Crippen molar-refractivity contribution in [1.29, 1.82) is 0 Å². The number of benzene rings is 2. The van der Waals surface area contributed by atoms with E-state index in [-0.39, 0.29) is 5.56 Å². The van der Waals surface area contributed by atoms with Gasteiger partial charge in [0.1, 0.15) is 0 Å². The minimum absolute atomic E-state index is 0.0515. The first-order valence-electron chi connectivity index (χ1n) is 8.44. The molecule has 124 valence electrons. The maximum absolute atomic E-state index is 13.0. The summed E-state index contributed by atoms with van der Waals surface area (Å²) in [6.45, 7) is 7.33. The van der Waals surface area contributed by atoms with E-state index in [0.717, 1.165) is 27.6 Å². The number of nitrogens with two attached hydrogens (primary N) is 1. The van der Waals surface area contributed by atoms with Gasteiger partial charge in [0, 0.05) is 29.7 Å². The third-order valence-electron chi connectivity index (χ3n) is 4.37. The first-order chi connectivity index (χ1) is 11.5. The number of rotatable bonds is 4. The Morgan fingerprint density at radius 3 is 2.21 bits per heavy atom. The lowest BCUT2D eigenvalue weighted by atomic mass is 9.95. The molecule has 3 heteroatoms. The molecule has 0 atom stereocenters. The summed E-state index contributed by atoms with van der Waals surface area (Å²) in [5.74, 6) is 0.375. The number of fused-ring (bicyclic) bond motifs is 1. The van der Waals surface area contributed by atoms with Crippen LogP contribution < -0.4 is 11.3 Å². The number of hydrogen-bond acceptors (Lipinski definition) is 2. The molecule has 1 aromatic heterocycles. The molecule has 0 aliphatic heterocycles. The van der Waals surface area contributed by atoms with Gasteiger partial charge in [-0.15, -0.1) is 0 Å². The predicted octanol–water partition coefficient (Wildman–Crippen LogP) is 4.09. The third-order valence-corrected chi connectivity index (χ3v) is 4.37. The van der Waals surface area contributed by atoms with E-state index in [2.05, 4.69) is 45.0 Å². The van der Waals surface area contributed by atoms with Gasteiger partial charge in [-0.1, -0.05) is 61.9 Å². The standard InChI is InChI=1S/C21H24N2O/c1-14(2)13-23-19(12-22)20(16-10-8-15(3)9-11-16)17-6-4-5-7-18(17)21(23)24/h4-11,14H,12-13,22H2,1-3H3. The third kappa shape index (κ3) is 2.87. The Hall–Kier alpha value is -2.39. The normalized spacial score (nSPS) is 11.4. The predicted molar refractivity (Wildman–Crippen MR) is 101 cm³/mol. The molecule has 2 N–H and O–H groups in total. The van der Waals surface area contributed by atoms with Gasteiger partial charge in [-0.05, 0) is 29.9 Å². The van der Waals surface area contributed by atoms with E-state index in [1.54, 1.807) is 0 Å². The lowest BCUT2D eigenvalue weighted by molar-refractivity contribution is 0.499. The maximum atomic E-state index is 13.0. The fraction of sp³-hybridized carbons (Fsp3) is 0.286. The molecule has 3 nitrogen and oxygen atoms in total. The topological polar surface area (TPSA) is 48.0 Å². The van der Waals surface area contributed by atoms with Crippen LogP contribution in [0.5, 0.6) is 0 Å². The molecular weight excluding hydrogens is 296 g/mol. The van der Waals surface area contributed by atoms with Crippen LogP contribution in [0, 0.1) is 12.8 Å². The molecule has 0 aliphatic carbocycles. The average Bonchev–Trinajstić information content (AvgIpc) is 2.58. The van der Waals surface area contributed by atoms with Crippen molar-refractivity contribution in [2.75, 3.05) is 0 Å². The van der Waals surface area contributed by atoms with Crippen LogP contribution in [0.3, 0.4) is 0 Å². The van der Waals surface area contributed by atoms with Crippen molar-refractivity contribution in [2.45, 2.75) is 33.9 Å². The van der Waals surface area contributed by atoms with Crippen molar-refractivity contribution in [3.63, 3.8) is 0 Å². The van der Waals surface area contributed by atoms with Gasteiger partial charge in [0.15, 0.2) is 0 Å². The zero-order chi connectivity index (χ0) is 17.3. The number of hydrogen-bond donors (Lipinski definition) is 1. The highest BCUT2D eigenvalue weighted by molar-refractivity contribution is 5.97. The van der Waals surface area contributed by atoms with Gasteiger partial charge >= 0.3 is 0 Å². The molecule has 0 saturated heterocycles. The van der Waals surface area contributed by atoms with E-state index >= 15 is 0 Å². The van der Waals surface area contributed by atoms with Crippen LogP contribution in [0.15, 0.2) is 53.3 Å². The van der Waals surface area contributed by atoms with E-state index in [9.17, 15) is 4.79 Å². The van der Waals surface area contributed by atoms with Gasteiger partial charge in [-0.2, -0.15) is 0 Å². The molecular formula is C21H24N2O. The molecule has 0 fully saturated rings. The van der Waals surface area contributed by atoms with Crippen molar-refractivity contribution >= 4 is 10.8 Å².